The number of hydrogen-bond donors (Lipinski definition) is 0. The average Bonchev–Trinajstić information content (AvgIpc) is 3.22. The zero-order valence-corrected chi connectivity index (χ0v) is 20.7. The highest BCUT2D eigenvalue weighted by atomic mass is 35.5. The first-order valence-corrected chi connectivity index (χ1v) is 12.7. The van der Waals surface area contributed by atoms with Gasteiger partial charge in [0, 0.05) is 54.1 Å². The third-order valence-electron chi connectivity index (χ3n) is 7.23. The predicted octanol–water partition coefficient (Wildman–Crippen LogP) is 7.26. The molecule has 1 atom stereocenters. The lowest BCUT2D eigenvalue weighted by atomic mass is 9.87. The van der Waals surface area contributed by atoms with Crippen LogP contribution in [-0.2, 0) is 11.3 Å². The number of rotatable bonds is 6. The summed E-state index contributed by atoms with van der Waals surface area (Å²) in [5.41, 5.74) is 4.28. The molecule has 5 heteroatoms. The third-order valence-corrected chi connectivity index (χ3v) is 7.46. The number of nitrogens with zero attached hydrogens (tertiary/aromatic N) is 2. The number of fused-ring (bicyclic) bond motifs is 1. The lowest BCUT2D eigenvalue weighted by Crippen LogP contribution is -2.38. The van der Waals surface area contributed by atoms with Gasteiger partial charge in [-0.3, -0.25) is 4.79 Å². The van der Waals surface area contributed by atoms with Crippen molar-refractivity contribution in [3.05, 3.63) is 107 Å². The van der Waals surface area contributed by atoms with Crippen molar-refractivity contribution in [1.29, 1.82) is 0 Å². The number of amides is 1. The van der Waals surface area contributed by atoms with Crippen LogP contribution in [-0.4, -0.2) is 28.5 Å². The zero-order valence-electron chi connectivity index (χ0n) is 20.0. The van der Waals surface area contributed by atoms with Gasteiger partial charge in [0.05, 0.1) is 0 Å². The Hall–Kier alpha value is -3.11. The Morgan fingerprint density at radius 1 is 1.03 bits per heavy atom. The fourth-order valence-electron chi connectivity index (χ4n) is 5.16. The van der Waals surface area contributed by atoms with E-state index in [1.165, 1.54) is 12.1 Å². The molecule has 0 unspecified atom stereocenters. The van der Waals surface area contributed by atoms with Crippen LogP contribution in [0, 0.1) is 11.7 Å². The summed E-state index contributed by atoms with van der Waals surface area (Å²) < 4.78 is 15.6. The van der Waals surface area contributed by atoms with Gasteiger partial charge in [-0.2, -0.15) is 0 Å². The molecule has 5 rings (SSSR count). The van der Waals surface area contributed by atoms with Crippen molar-refractivity contribution in [3.63, 3.8) is 0 Å². The summed E-state index contributed by atoms with van der Waals surface area (Å²) in [7, 11) is 0. The number of likely N-dealkylation sites (tertiary alicyclic amines) is 1. The number of para-hydroxylation sites is 1. The fourth-order valence-corrected chi connectivity index (χ4v) is 5.36. The highest BCUT2D eigenvalue weighted by Crippen LogP contribution is 2.36. The van der Waals surface area contributed by atoms with Crippen molar-refractivity contribution < 1.29 is 9.18 Å². The molecule has 1 saturated heterocycles. The molecule has 0 saturated carbocycles. The molecule has 4 aromatic rings. The van der Waals surface area contributed by atoms with Crippen molar-refractivity contribution in [3.8, 4) is 0 Å². The molecule has 35 heavy (non-hydrogen) atoms. The van der Waals surface area contributed by atoms with E-state index in [9.17, 15) is 9.18 Å². The van der Waals surface area contributed by atoms with Crippen LogP contribution in [0.25, 0.3) is 10.9 Å². The maximum atomic E-state index is 13.5. The minimum atomic E-state index is -0.238. The second-order valence-electron chi connectivity index (χ2n) is 9.73. The molecule has 3 nitrogen and oxygen atoms in total. The van der Waals surface area contributed by atoms with Gasteiger partial charge in [-0.25, -0.2) is 4.39 Å². The van der Waals surface area contributed by atoms with E-state index in [1.54, 1.807) is 0 Å². The summed E-state index contributed by atoms with van der Waals surface area (Å²) in [5, 5.41) is 1.79. The average molecular weight is 489 g/mol. The largest absolute Gasteiger partial charge is 0.343 e. The first kappa shape index (κ1) is 23.6. The maximum Gasteiger partial charge on any atom is 0.223 e. The van der Waals surface area contributed by atoms with E-state index in [0.717, 1.165) is 53.5 Å². The van der Waals surface area contributed by atoms with Gasteiger partial charge in [-0.15, -0.1) is 0 Å². The number of carbonyl (C=O) groups excluding carboxylic acids is 1. The molecule has 1 aromatic heterocycles. The maximum absolute atomic E-state index is 13.5. The number of aromatic nitrogens is 1. The Kier molecular flexibility index (Phi) is 6.92. The Balaban J connectivity index is 1.54. The van der Waals surface area contributed by atoms with Gasteiger partial charge >= 0.3 is 0 Å². The van der Waals surface area contributed by atoms with Crippen molar-refractivity contribution in [2.24, 2.45) is 5.92 Å². The smallest absolute Gasteiger partial charge is 0.223 e. The first-order valence-electron chi connectivity index (χ1n) is 12.3. The van der Waals surface area contributed by atoms with E-state index in [4.69, 9.17) is 11.6 Å². The molecule has 2 heterocycles. The third kappa shape index (κ3) is 5.28. The van der Waals surface area contributed by atoms with Crippen LogP contribution >= 0.6 is 11.6 Å². The van der Waals surface area contributed by atoms with Crippen LogP contribution in [0.4, 0.5) is 4.39 Å². The molecule has 0 radical (unpaired) electrons. The topological polar surface area (TPSA) is 25.2 Å². The normalized spacial score (nSPS) is 15.5. The summed E-state index contributed by atoms with van der Waals surface area (Å²) in [6.45, 7) is 4.54. The Morgan fingerprint density at radius 3 is 2.51 bits per heavy atom. The van der Waals surface area contributed by atoms with Crippen molar-refractivity contribution in [2.45, 2.75) is 38.6 Å². The highest BCUT2D eigenvalue weighted by molar-refractivity contribution is 6.30. The zero-order chi connectivity index (χ0) is 24.4. The van der Waals surface area contributed by atoms with E-state index >= 15 is 0 Å². The number of hydrogen-bond acceptors (Lipinski definition) is 1. The molecule has 1 aliphatic rings. The van der Waals surface area contributed by atoms with Crippen molar-refractivity contribution in [1.82, 2.24) is 9.47 Å². The SMILES string of the molecule is CC1CCN(C(=O)C[C@H](c2cccc(Cl)c2)c2cn(Cc3ccc(F)cc3)c3ccccc23)CC1. The lowest BCUT2D eigenvalue weighted by molar-refractivity contribution is -0.132. The summed E-state index contributed by atoms with van der Waals surface area (Å²) in [6, 6.07) is 22.8. The van der Waals surface area contributed by atoms with Crippen LogP contribution in [0.3, 0.4) is 0 Å². The molecular weight excluding hydrogens is 459 g/mol. The van der Waals surface area contributed by atoms with Gasteiger partial charge in [0.2, 0.25) is 5.91 Å². The molecule has 1 aliphatic heterocycles. The van der Waals surface area contributed by atoms with E-state index in [1.807, 2.05) is 47.4 Å². The van der Waals surface area contributed by atoms with E-state index < -0.39 is 0 Å². The molecular formula is C30H30ClFN2O. The molecule has 1 amide bonds. The van der Waals surface area contributed by atoms with Crippen LogP contribution in [0.5, 0.6) is 0 Å². The van der Waals surface area contributed by atoms with E-state index in [2.05, 4.69) is 35.9 Å². The number of piperidine rings is 1. The number of carbonyl (C=O) groups is 1. The fraction of sp³-hybridized carbons (Fsp3) is 0.300. The molecule has 3 aromatic carbocycles. The van der Waals surface area contributed by atoms with E-state index in [0.29, 0.717) is 23.9 Å². The van der Waals surface area contributed by atoms with Crippen LogP contribution in [0.2, 0.25) is 5.02 Å². The van der Waals surface area contributed by atoms with Crippen LogP contribution in [0.1, 0.15) is 48.8 Å². The molecule has 1 fully saturated rings. The van der Waals surface area contributed by atoms with Crippen molar-refractivity contribution in [2.75, 3.05) is 13.1 Å². The molecule has 0 aliphatic carbocycles. The minimum Gasteiger partial charge on any atom is -0.343 e. The van der Waals surface area contributed by atoms with Gasteiger partial charge in [0.1, 0.15) is 5.82 Å². The van der Waals surface area contributed by atoms with Crippen LogP contribution in [0.15, 0.2) is 79.0 Å². The molecule has 180 valence electrons. The standard InChI is InChI=1S/C30H30ClFN2O/c1-21-13-15-33(16-14-21)30(35)18-27(23-5-4-6-24(31)17-23)28-20-34(29-8-3-2-7-26(28)29)19-22-9-11-25(32)12-10-22/h2-12,17,20-21,27H,13-16,18-19H2,1H3/t27-/m1/s1. The summed E-state index contributed by atoms with van der Waals surface area (Å²) in [6.07, 6.45) is 4.68. The van der Waals surface area contributed by atoms with Gasteiger partial charge < -0.3 is 9.47 Å². The lowest BCUT2D eigenvalue weighted by Gasteiger charge is -2.31. The van der Waals surface area contributed by atoms with Gasteiger partial charge in [-0.1, -0.05) is 61.0 Å². The van der Waals surface area contributed by atoms with E-state index in [-0.39, 0.29) is 17.6 Å². The second-order valence-corrected chi connectivity index (χ2v) is 10.2. The summed E-state index contributed by atoms with van der Waals surface area (Å²) in [5.74, 6) is 0.516. The Labute approximate surface area is 211 Å². The summed E-state index contributed by atoms with van der Waals surface area (Å²) in [4.78, 5) is 15.5. The first-order chi connectivity index (χ1) is 17.0. The minimum absolute atomic E-state index is 0.111. The van der Waals surface area contributed by atoms with Gasteiger partial charge in [0.25, 0.3) is 0 Å². The Morgan fingerprint density at radius 2 is 1.77 bits per heavy atom. The van der Waals surface area contributed by atoms with Gasteiger partial charge in [0.15, 0.2) is 0 Å². The predicted molar refractivity (Wildman–Crippen MR) is 140 cm³/mol. The monoisotopic (exact) mass is 488 g/mol. The molecule has 0 bridgehead atoms. The van der Waals surface area contributed by atoms with Crippen LogP contribution < -0.4 is 0 Å². The van der Waals surface area contributed by atoms with Crippen molar-refractivity contribution >= 4 is 28.4 Å². The molecule has 0 N–H and O–H groups in total. The summed E-state index contributed by atoms with van der Waals surface area (Å²) >= 11 is 6.39. The Bertz CT molecular complexity index is 1320. The quantitative estimate of drug-likeness (QED) is 0.280. The molecule has 0 spiro atoms. The number of halogens is 2. The highest BCUT2D eigenvalue weighted by Gasteiger charge is 2.27. The van der Waals surface area contributed by atoms with Gasteiger partial charge in [-0.05, 0) is 65.8 Å². The second kappa shape index (κ2) is 10.2. The number of benzene rings is 3.